The molecule has 0 bridgehead atoms. The zero-order valence-corrected chi connectivity index (χ0v) is 18.7. The summed E-state index contributed by atoms with van der Waals surface area (Å²) in [6, 6.07) is 3.67. The molecule has 0 amide bonds. The molecule has 2 rings (SSSR count). The minimum atomic E-state index is -0.269. The molecule has 28 heavy (non-hydrogen) atoms. The van der Waals surface area contributed by atoms with Gasteiger partial charge in [-0.1, -0.05) is 26.7 Å². The predicted molar refractivity (Wildman–Crippen MR) is 115 cm³/mol. The number of esters is 1. The lowest BCUT2D eigenvalue weighted by atomic mass is 9.81. The van der Waals surface area contributed by atoms with Crippen LogP contribution in [-0.4, -0.2) is 28.3 Å². The summed E-state index contributed by atoms with van der Waals surface area (Å²) in [6.07, 6.45) is 7.16. The molecular formula is C24H39NO3. The summed E-state index contributed by atoms with van der Waals surface area (Å²) in [6.45, 7) is 12.9. The molecule has 1 aliphatic heterocycles. The van der Waals surface area contributed by atoms with E-state index in [2.05, 4.69) is 46.9 Å². The molecule has 1 saturated heterocycles. The van der Waals surface area contributed by atoms with Crippen LogP contribution in [0.2, 0.25) is 0 Å². The number of ether oxygens (including phenoxy) is 1. The number of aromatic hydroxyl groups is 1. The molecule has 0 atom stereocenters. The van der Waals surface area contributed by atoms with Crippen molar-refractivity contribution in [2.24, 2.45) is 0 Å². The fourth-order valence-corrected chi connectivity index (χ4v) is 4.52. The number of rotatable bonds is 8. The molecule has 0 aromatic heterocycles. The maximum Gasteiger partial charge on any atom is 0.338 e. The SMILES string of the molecule is CCCCc1cc(C(=O)OC2CC(C)(C)NC(C)(C)C2)cc(CCCC)c1O. The smallest absolute Gasteiger partial charge is 0.338 e. The number of nitrogens with one attached hydrogen (secondary N) is 1. The van der Waals surface area contributed by atoms with E-state index in [1.54, 1.807) is 0 Å². The fourth-order valence-electron chi connectivity index (χ4n) is 4.52. The lowest BCUT2D eigenvalue weighted by Gasteiger charge is -2.45. The summed E-state index contributed by atoms with van der Waals surface area (Å²) in [4.78, 5) is 13.0. The highest BCUT2D eigenvalue weighted by Crippen LogP contribution is 2.32. The van der Waals surface area contributed by atoms with Crippen LogP contribution in [0, 0.1) is 0 Å². The molecule has 0 radical (unpaired) electrons. The first-order valence-corrected chi connectivity index (χ1v) is 10.9. The first kappa shape index (κ1) is 22.7. The first-order chi connectivity index (χ1) is 13.1. The van der Waals surface area contributed by atoms with Gasteiger partial charge in [0.05, 0.1) is 5.56 Å². The number of phenols is 1. The Morgan fingerprint density at radius 2 is 1.50 bits per heavy atom. The van der Waals surface area contributed by atoms with Gasteiger partial charge in [-0.15, -0.1) is 0 Å². The third-order valence-corrected chi connectivity index (χ3v) is 5.53. The van der Waals surface area contributed by atoms with Gasteiger partial charge in [0.25, 0.3) is 0 Å². The topological polar surface area (TPSA) is 58.6 Å². The zero-order valence-electron chi connectivity index (χ0n) is 18.7. The Morgan fingerprint density at radius 3 is 1.93 bits per heavy atom. The Labute approximate surface area is 171 Å². The van der Waals surface area contributed by atoms with Gasteiger partial charge in [0.15, 0.2) is 0 Å². The van der Waals surface area contributed by atoms with Crippen LogP contribution in [0.4, 0.5) is 0 Å². The van der Waals surface area contributed by atoms with E-state index < -0.39 is 0 Å². The third kappa shape index (κ3) is 6.23. The number of hydrogen-bond donors (Lipinski definition) is 2. The zero-order chi connectivity index (χ0) is 20.9. The first-order valence-electron chi connectivity index (χ1n) is 10.9. The van der Waals surface area contributed by atoms with Crippen molar-refractivity contribution >= 4 is 5.97 Å². The molecule has 0 unspecified atom stereocenters. The van der Waals surface area contributed by atoms with Gasteiger partial charge in [0, 0.05) is 23.9 Å². The van der Waals surface area contributed by atoms with Crippen LogP contribution in [0.15, 0.2) is 12.1 Å². The Kier molecular flexibility index (Phi) is 7.55. The third-order valence-electron chi connectivity index (χ3n) is 5.53. The normalized spacial score (nSPS) is 18.8. The van der Waals surface area contributed by atoms with Crippen LogP contribution in [0.5, 0.6) is 5.75 Å². The molecule has 2 N–H and O–H groups in total. The molecule has 1 aliphatic rings. The van der Waals surface area contributed by atoms with Crippen LogP contribution >= 0.6 is 0 Å². The van der Waals surface area contributed by atoms with E-state index in [4.69, 9.17) is 4.74 Å². The van der Waals surface area contributed by atoms with Crippen molar-refractivity contribution in [1.29, 1.82) is 0 Å². The number of piperidine rings is 1. The Bertz CT molecular complexity index is 633. The van der Waals surface area contributed by atoms with Crippen LogP contribution in [0.3, 0.4) is 0 Å². The van der Waals surface area contributed by atoms with Crippen LogP contribution in [-0.2, 0) is 17.6 Å². The van der Waals surface area contributed by atoms with Gasteiger partial charge in [0.2, 0.25) is 0 Å². The van der Waals surface area contributed by atoms with Gasteiger partial charge in [-0.3, -0.25) is 0 Å². The summed E-state index contributed by atoms with van der Waals surface area (Å²) < 4.78 is 5.95. The quantitative estimate of drug-likeness (QED) is 0.573. The lowest BCUT2D eigenvalue weighted by Crippen LogP contribution is -2.59. The summed E-state index contributed by atoms with van der Waals surface area (Å²) >= 11 is 0. The minimum Gasteiger partial charge on any atom is -0.507 e. The van der Waals surface area contributed by atoms with Crippen LogP contribution < -0.4 is 5.32 Å². The number of phenolic OH excluding ortho intramolecular Hbond substituents is 1. The fraction of sp³-hybridized carbons (Fsp3) is 0.708. The molecule has 158 valence electrons. The second kappa shape index (κ2) is 9.30. The van der Waals surface area contributed by atoms with Gasteiger partial charge in [-0.25, -0.2) is 4.79 Å². The average Bonchev–Trinajstić information content (AvgIpc) is 2.56. The summed E-state index contributed by atoms with van der Waals surface area (Å²) in [7, 11) is 0. The van der Waals surface area contributed by atoms with E-state index in [-0.39, 0.29) is 23.2 Å². The molecule has 1 heterocycles. The summed E-state index contributed by atoms with van der Waals surface area (Å²) in [5.41, 5.74) is 2.17. The number of hydrogen-bond acceptors (Lipinski definition) is 4. The van der Waals surface area contributed by atoms with Crippen LogP contribution in [0.25, 0.3) is 0 Å². The van der Waals surface area contributed by atoms with Gasteiger partial charge < -0.3 is 15.2 Å². The molecule has 0 saturated carbocycles. The van der Waals surface area contributed by atoms with Crippen molar-refractivity contribution in [3.8, 4) is 5.75 Å². The monoisotopic (exact) mass is 389 g/mol. The Morgan fingerprint density at radius 1 is 1.04 bits per heavy atom. The number of aryl methyl sites for hydroxylation is 2. The van der Waals surface area contributed by atoms with Crippen molar-refractivity contribution in [3.63, 3.8) is 0 Å². The van der Waals surface area contributed by atoms with Gasteiger partial charge in [-0.05, 0) is 76.6 Å². The molecule has 0 spiro atoms. The number of carbonyl (C=O) groups excluding carboxylic acids is 1. The summed E-state index contributed by atoms with van der Waals surface area (Å²) in [5.74, 6) is 0.0941. The molecule has 0 aliphatic carbocycles. The number of benzene rings is 1. The maximum absolute atomic E-state index is 13.0. The van der Waals surface area contributed by atoms with Crippen molar-refractivity contribution in [1.82, 2.24) is 5.32 Å². The maximum atomic E-state index is 13.0. The lowest BCUT2D eigenvalue weighted by molar-refractivity contribution is -0.00639. The van der Waals surface area contributed by atoms with E-state index in [0.29, 0.717) is 11.3 Å². The second-order valence-corrected chi connectivity index (χ2v) is 9.68. The van der Waals surface area contributed by atoms with E-state index >= 15 is 0 Å². The minimum absolute atomic E-state index is 0.0692. The van der Waals surface area contributed by atoms with Crippen molar-refractivity contribution in [3.05, 3.63) is 28.8 Å². The van der Waals surface area contributed by atoms with Crippen molar-refractivity contribution in [2.75, 3.05) is 0 Å². The van der Waals surface area contributed by atoms with Crippen molar-refractivity contribution in [2.45, 2.75) is 110 Å². The predicted octanol–water partition coefficient (Wildman–Crippen LogP) is 5.54. The molecule has 1 aromatic carbocycles. The highest BCUT2D eigenvalue weighted by molar-refractivity contribution is 5.90. The molecular weight excluding hydrogens is 350 g/mol. The van der Waals surface area contributed by atoms with Gasteiger partial charge in [-0.2, -0.15) is 0 Å². The second-order valence-electron chi connectivity index (χ2n) is 9.68. The van der Waals surface area contributed by atoms with E-state index in [1.165, 1.54) is 0 Å². The van der Waals surface area contributed by atoms with E-state index in [0.717, 1.165) is 62.5 Å². The largest absolute Gasteiger partial charge is 0.507 e. The van der Waals surface area contributed by atoms with E-state index in [1.807, 2.05) is 12.1 Å². The van der Waals surface area contributed by atoms with E-state index in [9.17, 15) is 9.90 Å². The Balaban J connectivity index is 2.23. The number of carbonyl (C=O) groups is 1. The molecule has 1 aromatic rings. The standard InChI is InChI=1S/C24H39NO3/c1-7-9-11-17-13-19(14-18(21(17)26)12-10-8-2)22(27)28-20-15-23(3,4)25-24(5,6)16-20/h13-14,20,25-26H,7-12,15-16H2,1-6H3. The van der Waals surface area contributed by atoms with Crippen LogP contribution in [0.1, 0.15) is 102 Å². The molecule has 4 nitrogen and oxygen atoms in total. The van der Waals surface area contributed by atoms with Gasteiger partial charge in [0.1, 0.15) is 11.9 Å². The van der Waals surface area contributed by atoms with Gasteiger partial charge >= 0.3 is 5.97 Å². The number of unbranched alkanes of at least 4 members (excludes halogenated alkanes) is 2. The summed E-state index contributed by atoms with van der Waals surface area (Å²) in [5, 5.41) is 14.3. The highest BCUT2D eigenvalue weighted by Gasteiger charge is 2.39. The molecule has 4 heteroatoms. The average molecular weight is 390 g/mol. The highest BCUT2D eigenvalue weighted by atomic mass is 16.5. The molecule has 1 fully saturated rings. The Hall–Kier alpha value is -1.55. The van der Waals surface area contributed by atoms with Crippen molar-refractivity contribution < 1.29 is 14.6 Å².